The van der Waals surface area contributed by atoms with E-state index in [4.69, 9.17) is 5.73 Å². The number of benzene rings is 1. The summed E-state index contributed by atoms with van der Waals surface area (Å²) in [4.78, 5) is 4.38. The average Bonchev–Trinajstić information content (AvgIpc) is 2.39. The van der Waals surface area contributed by atoms with Gasteiger partial charge in [0.25, 0.3) is 0 Å². The third-order valence-electron chi connectivity index (χ3n) is 3.34. The first-order valence-corrected chi connectivity index (χ1v) is 6.95. The summed E-state index contributed by atoms with van der Waals surface area (Å²) < 4.78 is 0. The van der Waals surface area contributed by atoms with Crippen LogP contribution in [0, 0.1) is 0 Å². The van der Waals surface area contributed by atoms with Gasteiger partial charge in [0.05, 0.1) is 0 Å². The smallest absolute Gasteiger partial charge is 0.130 e. The lowest BCUT2D eigenvalue weighted by Crippen LogP contribution is -2.10. The molecule has 3 N–H and O–H groups in total. The van der Waals surface area contributed by atoms with E-state index in [1.807, 2.05) is 25.3 Å². The van der Waals surface area contributed by atoms with E-state index in [1.54, 1.807) is 0 Å². The second-order valence-electron chi connectivity index (χ2n) is 6.22. The predicted octanol–water partition coefficient (Wildman–Crippen LogP) is 4.14. The van der Waals surface area contributed by atoms with Crippen LogP contribution in [-0.4, -0.2) is 4.98 Å². The Morgan fingerprint density at radius 3 is 2.15 bits per heavy atom. The number of pyridine rings is 1. The number of aromatic nitrogens is 1. The van der Waals surface area contributed by atoms with Crippen molar-refractivity contribution in [1.82, 2.24) is 4.98 Å². The van der Waals surface area contributed by atoms with Gasteiger partial charge in [-0.1, -0.05) is 39.0 Å². The maximum atomic E-state index is 5.81. The minimum absolute atomic E-state index is 0.0163. The van der Waals surface area contributed by atoms with Crippen molar-refractivity contribution < 1.29 is 0 Å². The van der Waals surface area contributed by atoms with Gasteiger partial charge in [0.1, 0.15) is 5.82 Å². The van der Waals surface area contributed by atoms with E-state index in [0.717, 1.165) is 17.1 Å². The van der Waals surface area contributed by atoms with Crippen molar-refractivity contribution in [2.24, 2.45) is 5.73 Å². The number of anilines is 2. The Hall–Kier alpha value is -1.87. The zero-order valence-corrected chi connectivity index (χ0v) is 12.6. The summed E-state index contributed by atoms with van der Waals surface area (Å²) >= 11 is 0. The van der Waals surface area contributed by atoms with Crippen molar-refractivity contribution in [3.05, 3.63) is 53.7 Å². The summed E-state index contributed by atoms with van der Waals surface area (Å²) in [7, 11) is 0. The van der Waals surface area contributed by atoms with Crippen LogP contribution in [0.15, 0.2) is 42.6 Å². The number of rotatable bonds is 3. The molecule has 1 atom stereocenters. The highest BCUT2D eigenvalue weighted by Gasteiger charge is 2.12. The van der Waals surface area contributed by atoms with Gasteiger partial charge < -0.3 is 11.1 Å². The molecule has 0 aliphatic heterocycles. The molecule has 0 amide bonds. The summed E-state index contributed by atoms with van der Waals surface area (Å²) in [6, 6.07) is 12.4. The van der Waals surface area contributed by atoms with E-state index in [-0.39, 0.29) is 11.5 Å². The van der Waals surface area contributed by atoms with Gasteiger partial charge in [-0.05, 0) is 41.7 Å². The SMILES string of the molecule is CC(N)c1ccc(Nc2ccc(C(C)(C)C)cc2)nc1. The average molecular weight is 269 g/mol. The Balaban J connectivity index is 2.10. The van der Waals surface area contributed by atoms with Gasteiger partial charge in [0, 0.05) is 17.9 Å². The Morgan fingerprint density at radius 1 is 1.05 bits per heavy atom. The van der Waals surface area contributed by atoms with Gasteiger partial charge in [0.2, 0.25) is 0 Å². The molecule has 2 rings (SSSR count). The fourth-order valence-corrected chi connectivity index (χ4v) is 1.95. The van der Waals surface area contributed by atoms with Crippen molar-refractivity contribution in [2.45, 2.75) is 39.2 Å². The minimum Gasteiger partial charge on any atom is -0.340 e. The van der Waals surface area contributed by atoms with E-state index in [0.29, 0.717) is 0 Å². The van der Waals surface area contributed by atoms with Crippen LogP contribution in [0.5, 0.6) is 0 Å². The van der Waals surface area contributed by atoms with Gasteiger partial charge in [-0.25, -0.2) is 4.98 Å². The van der Waals surface area contributed by atoms with Crippen LogP contribution in [0.1, 0.15) is 44.9 Å². The van der Waals surface area contributed by atoms with Crippen LogP contribution in [0.2, 0.25) is 0 Å². The molecule has 0 aliphatic rings. The molecule has 0 fully saturated rings. The number of nitrogens with zero attached hydrogens (tertiary/aromatic N) is 1. The topological polar surface area (TPSA) is 50.9 Å². The van der Waals surface area contributed by atoms with Gasteiger partial charge in [-0.3, -0.25) is 0 Å². The Kier molecular flexibility index (Phi) is 4.09. The Labute approximate surface area is 121 Å². The normalized spacial score (nSPS) is 13.1. The first-order chi connectivity index (χ1) is 9.36. The van der Waals surface area contributed by atoms with Gasteiger partial charge in [-0.15, -0.1) is 0 Å². The molecule has 106 valence electrons. The number of nitrogens with one attached hydrogen (secondary N) is 1. The fraction of sp³-hybridized carbons (Fsp3) is 0.353. The fourth-order valence-electron chi connectivity index (χ4n) is 1.95. The molecule has 0 saturated carbocycles. The van der Waals surface area contributed by atoms with E-state index < -0.39 is 0 Å². The monoisotopic (exact) mass is 269 g/mol. The standard InChI is InChI=1S/C17H23N3/c1-12(18)13-5-10-16(19-11-13)20-15-8-6-14(7-9-15)17(2,3)4/h5-12H,18H2,1-4H3,(H,19,20). The molecule has 1 aromatic carbocycles. The molecule has 1 aromatic heterocycles. The summed E-state index contributed by atoms with van der Waals surface area (Å²) in [5.74, 6) is 0.831. The molecule has 3 heteroatoms. The summed E-state index contributed by atoms with van der Waals surface area (Å²) in [6.07, 6.45) is 1.82. The van der Waals surface area contributed by atoms with Crippen molar-refractivity contribution in [1.29, 1.82) is 0 Å². The van der Waals surface area contributed by atoms with Crippen LogP contribution in [0.3, 0.4) is 0 Å². The quantitative estimate of drug-likeness (QED) is 0.880. The molecule has 1 unspecified atom stereocenters. The zero-order valence-electron chi connectivity index (χ0n) is 12.6. The number of nitrogens with two attached hydrogens (primary N) is 1. The van der Waals surface area contributed by atoms with Crippen molar-refractivity contribution in [3.63, 3.8) is 0 Å². The lowest BCUT2D eigenvalue weighted by Gasteiger charge is -2.19. The highest BCUT2D eigenvalue weighted by Crippen LogP contribution is 2.24. The molecule has 0 aliphatic carbocycles. The highest BCUT2D eigenvalue weighted by atomic mass is 15.0. The lowest BCUT2D eigenvalue weighted by atomic mass is 9.87. The van der Waals surface area contributed by atoms with Crippen LogP contribution >= 0.6 is 0 Å². The molecule has 20 heavy (non-hydrogen) atoms. The molecule has 0 saturated heterocycles. The minimum atomic E-state index is 0.0163. The molecule has 1 heterocycles. The third-order valence-corrected chi connectivity index (χ3v) is 3.34. The Morgan fingerprint density at radius 2 is 1.70 bits per heavy atom. The lowest BCUT2D eigenvalue weighted by molar-refractivity contribution is 0.590. The molecule has 0 bridgehead atoms. The summed E-state index contributed by atoms with van der Waals surface area (Å²) in [6.45, 7) is 8.59. The van der Waals surface area contributed by atoms with Gasteiger partial charge >= 0.3 is 0 Å². The van der Waals surface area contributed by atoms with Crippen molar-refractivity contribution in [2.75, 3.05) is 5.32 Å². The Bertz CT molecular complexity index is 548. The van der Waals surface area contributed by atoms with Crippen LogP contribution in [-0.2, 0) is 5.41 Å². The first-order valence-electron chi connectivity index (χ1n) is 6.95. The van der Waals surface area contributed by atoms with E-state index in [2.05, 4.69) is 55.3 Å². The van der Waals surface area contributed by atoms with E-state index in [1.165, 1.54) is 5.56 Å². The maximum absolute atomic E-state index is 5.81. The van der Waals surface area contributed by atoms with Crippen LogP contribution in [0.25, 0.3) is 0 Å². The molecular formula is C17H23N3. The zero-order chi connectivity index (χ0) is 14.8. The molecule has 2 aromatic rings. The molecule has 0 radical (unpaired) electrons. The summed E-state index contributed by atoms with van der Waals surface area (Å²) in [5.41, 5.74) is 9.39. The maximum Gasteiger partial charge on any atom is 0.130 e. The van der Waals surface area contributed by atoms with E-state index in [9.17, 15) is 0 Å². The largest absolute Gasteiger partial charge is 0.340 e. The van der Waals surface area contributed by atoms with Crippen LogP contribution in [0.4, 0.5) is 11.5 Å². The molecular weight excluding hydrogens is 246 g/mol. The van der Waals surface area contributed by atoms with Gasteiger partial charge in [-0.2, -0.15) is 0 Å². The van der Waals surface area contributed by atoms with Crippen molar-refractivity contribution >= 4 is 11.5 Å². The number of hydrogen-bond acceptors (Lipinski definition) is 3. The third kappa shape index (κ3) is 3.58. The summed E-state index contributed by atoms with van der Waals surface area (Å²) in [5, 5.41) is 3.30. The predicted molar refractivity (Wildman–Crippen MR) is 85.3 cm³/mol. The highest BCUT2D eigenvalue weighted by molar-refractivity contribution is 5.56. The second-order valence-corrected chi connectivity index (χ2v) is 6.22. The van der Waals surface area contributed by atoms with Crippen molar-refractivity contribution in [3.8, 4) is 0 Å². The van der Waals surface area contributed by atoms with Gasteiger partial charge in [0.15, 0.2) is 0 Å². The van der Waals surface area contributed by atoms with Crippen LogP contribution < -0.4 is 11.1 Å². The number of hydrogen-bond donors (Lipinski definition) is 2. The second kappa shape index (κ2) is 5.63. The first kappa shape index (κ1) is 14.5. The molecule has 0 spiro atoms. The van der Waals surface area contributed by atoms with E-state index >= 15 is 0 Å². The molecule has 3 nitrogen and oxygen atoms in total.